The summed E-state index contributed by atoms with van der Waals surface area (Å²) in [4.78, 5) is 16.6. The lowest BCUT2D eigenvalue weighted by Gasteiger charge is -2.16. The summed E-state index contributed by atoms with van der Waals surface area (Å²) >= 11 is 0. The fraction of sp³-hybridized carbons (Fsp3) is 0.280. The molecule has 150 valence electrons. The standard InChI is InChI=1S/C25H23N3O2/c1-24(2,3)21-11-16-9-20(10-17(12-26)22(16)28-21)27-23(29)25(6-7-25)19-5-4-15-13-30-14-18(15)8-19/h4-5,8-11,13-14,28H,6-7H2,1-3H3,(H,27,29). The van der Waals surface area contributed by atoms with Crippen molar-refractivity contribution >= 4 is 33.3 Å². The number of anilines is 1. The smallest absolute Gasteiger partial charge is 0.235 e. The van der Waals surface area contributed by atoms with Crippen LogP contribution in [0, 0.1) is 11.3 Å². The summed E-state index contributed by atoms with van der Waals surface area (Å²) in [6, 6.07) is 14.1. The molecule has 0 unspecified atom stereocenters. The van der Waals surface area contributed by atoms with E-state index in [-0.39, 0.29) is 11.3 Å². The van der Waals surface area contributed by atoms with Crippen molar-refractivity contribution in [2.75, 3.05) is 5.32 Å². The van der Waals surface area contributed by atoms with Gasteiger partial charge in [0.15, 0.2) is 0 Å². The van der Waals surface area contributed by atoms with Crippen molar-refractivity contribution < 1.29 is 9.21 Å². The quantitative estimate of drug-likeness (QED) is 0.461. The number of nitrogens with zero attached hydrogens (tertiary/aromatic N) is 1. The number of hydrogen-bond acceptors (Lipinski definition) is 3. The van der Waals surface area contributed by atoms with Gasteiger partial charge in [0.2, 0.25) is 5.91 Å². The zero-order chi connectivity index (χ0) is 21.1. The zero-order valence-electron chi connectivity index (χ0n) is 17.3. The number of amides is 1. The van der Waals surface area contributed by atoms with Gasteiger partial charge < -0.3 is 14.7 Å². The number of H-pyrrole nitrogens is 1. The van der Waals surface area contributed by atoms with Crippen molar-refractivity contribution in [2.45, 2.75) is 44.4 Å². The average molecular weight is 397 g/mol. The Morgan fingerprint density at radius 3 is 2.57 bits per heavy atom. The van der Waals surface area contributed by atoms with Crippen LogP contribution in [0.5, 0.6) is 0 Å². The van der Waals surface area contributed by atoms with E-state index in [1.54, 1.807) is 18.6 Å². The van der Waals surface area contributed by atoms with Gasteiger partial charge in [0.05, 0.1) is 29.0 Å². The highest BCUT2D eigenvalue weighted by Crippen LogP contribution is 2.49. The molecule has 1 aliphatic rings. The first-order valence-electron chi connectivity index (χ1n) is 10.2. The third-order valence-electron chi connectivity index (χ3n) is 6.13. The number of nitrogens with one attached hydrogen (secondary N) is 2. The van der Waals surface area contributed by atoms with Crippen molar-refractivity contribution in [1.82, 2.24) is 4.98 Å². The molecule has 0 bridgehead atoms. The number of carbonyl (C=O) groups excluding carboxylic acids is 1. The third kappa shape index (κ3) is 2.88. The van der Waals surface area contributed by atoms with Crippen LogP contribution in [0.2, 0.25) is 0 Å². The topological polar surface area (TPSA) is 81.8 Å². The van der Waals surface area contributed by atoms with Crippen LogP contribution in [-0.4, -0.2) is 10.9 Å². The first kappa shape index (κ1) is 18.5. The lowest BCUT2D eigenvalue weighted by atomic mass is 9.92. The number of fused-ring (bicyclic) bond motifs is 2. The molecule has 0 radical (unpaired) electrons. The molecule has 0 spiro atoms. The summed E-state index contributed by atoms with van der Waals surface area (Å²) in [6.07, 6.45) is 5.04. The molecule has 5 nitrogen and oxygen atoms in total. The fourth-order valence-corrected chi connectivity index (χ4v) is 4.09. The molecule has 0 aliphatic heterocycles. The van der Waals surface area contributed by atoms with E-state index >= 15 is 0 Å². The normalized spacial score (nSPS) is 15.3. The molecule has 1 aliphatic carbocycles. The summed E-state index contributed by atoms with van der Waals surface area (Å²) < 4.78 is 5.27. The molecule has 4 aromatic rings. The molecule has 2 N–H and O–H groups in total. The Bertz CT molecular complexity index is 1340. The van der Waals surface area contributed by atoms with Gasteiger partial charge >= 0.3 is 0 Å². The average Bonchev–Trinajstić information content (AvgIpc) is 3.18. The van der Waals surface area contributed by atoms with Gasteiger partial charge in [-0.3, -0.25) is 4.79 Å². The summed E-state index contributed by atoms with van der Waals surface area (Å²) in [5, 5.41) is 15.7. The van der Waals surface area contributed by atoms with Crippen LogP contribution in [0.4, 0.5) is 5.69 Å². The van der Waals surface area contributed by atoms with E-state index < -0.39 is 5.41 Å². The maximum atomic E-state index is 13.2. The number of hydrogen-bond donors (Lipinski definition) is 2. The highest BCUT2D eigenvalue weighted by atomic mass is 16.3. The SMILES string of the molecule is CC(C)(C)c1cc2cc(NC(=O)C3(c4ccc5cocc5c4)CC3)cc(C#N)c2[nH]1. The van der Waals surface area contributed by atoms with Crippen molar-refractivity contribution in [3.05, 3.63) is 65.7 Å². The maximum Gasteiger partial charge on any atom is 0.235 e. The molecule has 1 fully saturated rings. The van der Waals surface area contributed by atoms with E-state index in [9.17, 15) is 10.1 Å². The Kier molecular flexibility index (Phi) is 3.85. The Hall–Kier alpha value is -3.52. The number of furan rings is 1. The molecular formula is C25H23N3O2. The first-order valence-corrected chi connectivity index (χ1v) is 10.2. The summed E-state index contributed by atoms with van der Waals surface area (Å²) in [5.74, 6) is -0.0276. The van der Waals surface area contributed by atoms with Crippen LogP contribution in [0.25, 0.3) is 21.7 Å². The Labute approximate surface area is 174 Å². The second-order valence-electron chi connectivity index (χ2n) is 9.28. The van der Waals surface area contributed by atoms with Gasteiger partial charge in [-0.1, -0.05) is 32.9 Å². The number of carbonyl (C=O) groups is 1. The van der Waals surface area contributed by atoms with Gasteiger partial charge in [0.1, 0.15) is 6.07 Å². The number of benzene rings is 2. The Morgan fingerprint density at radius 1 is 1.10 bits per heavy atom. The molecule has 2 heterocycles. The second-order valence-corrected chi connectivity index (χ2v) is 9.28. The molecule has 1 saturated carbocycles. The molecule has 0 atom stereocenters. The molecule has 5 rings (SSSR count). The predicted molar refractivity (Wildman–Crippen MR) is 117 cm³/mol. The van der Waals surface area contributed by atoms with Crippen molar-refractivity contribution in [3.63, 3.8) is 0 Å². The number of nitriles is 1. The highest BCUT2D eigenvalue weighted by molar-refractivity contribution is 6.03. The number of aromatic nitrogens is 1. The molecule has 1 amide bonds. The van der Waals surface area contributed by atoms with Gasteiger partial charge in [-0.25, -0.2) is 0 Å². The summed E-state index contributed by atoms with van der Waals surface area (Å²) in [6.45, 7) is 6.38. The minimum atomic E-state index is -0.512. The van der Waals surface area contributed by atoms with E-state index in [4.69, 9.17) is 4.42 Å². The molecule has 2 aromatic heterocycles. The Balaban J connectivity index is 1.49. The largest absolute Gasteiger partial charge is 0.471 e. The van der Waals surface area contributed by atoms with Gasteiger partial charge in [0.25, 0.3) is 0 Å². The van der Waals surface area contributed by atoms with Gasteiger partial charge in [-0.05, 0) is 42.7 Å². The van der Waals surface area contributed by atoms with Crippen molar-refractivity contribution in [1.29, 1.82) is 5.26 Å². The van der Waals surface area contributed by atoms with Crippen LogP contribution in [0.3, 0.4) is 0 Å². The van der Waals surface area contributed by atoms with Crippen LogP contribution in [-0.2, 0) is 15.6 Å². The number of rotatable bonds is 3. The van der Waals surface area contributed by atoms with E-state index in [1.165, 1.54) is 0 Å². The molecule has 5 heteroatoms. The van der Waals surface area contributed by atoms with E-state index in [2.05, 4.69) is 43.2 Å². The monoisotopic (exact) mass is 397 g/mol. The minimum absolute atomic E-state index is 0.0276. The molecule has 30 heavy (non-hydrogen) atoms. The van der Waals surface area contributed by atoms with Crippen LogP contribution < -0.4 is 5.32 Å². The summed E-state index contributed by atoms with van der Waals surface area (Å²) in [7, 11) is 0. The van der Waals surface area contributed by atoms with E-state index in [0.29, 0.717) is 11.3 Å². The van der Waals surface area contributed by atoms with Gasteiger partial charge in [-0.15, -0.1) is 0 Å². The summed E-state index contributed by atoms with van der Waals surface area (Å²) in [5.41, 5.74) is 3.49. The molecule has 2 aromatic carbocycles. The van der Waals surface area contributed by atoms with Crippen molar-refractivity contribution in [3.8, 4) is 6.07 Å². The Morgan fingerprint density at radius 2 is 1.87 bits per heavy atom. The lowest BCUT2D eigenvalue weighted by Crippen LogP contribution is -2.27. The van der Waals surface area contributed by atoms with Crippen LogP contribution in [0.1, 0.15) is 50.4 Å². The van der Waals surface area contributed by atoms with E-state index in [1.807, 2.05) is 24.3 Å². The van der Waals surface area contributed by atoms with Crippen LogP contribution >= 0.6 is 0 Å². The molecular weight excluding hydrogens is 374 g/mol. The first-order chi connectivity index (χ1) is 14.3. The van der Waals surface area contributed by atoms with Gasteiger partial charge in [-0.2, -0.15) is 5.26 Å². The minimum Gasteiger partial charge on any atom is -0.471 e. The molecule has 0 saturated heterocycles. The van der Waals surface area contributed by atoms with Crippen LogP contribution in [0.15, 0.2) is 53.3 Å². The van der Waals surface area contributed by atoms with E-state index in [0.717, 1.165) is 45.8 Å². The predicted octanol–water partition coefficient (Wildman–Crippen LogP) is 5.75. The third-order valence-corrected chi connectivity index (χ3v) is 6.13. The fourth-order valence-electron chi connectivity index (χ4n) is 4.09. The second kappa shape index (κ2) is 6.24. The lowest BCUT2D eigenvalue weighted by molar-refractivity contribution is -0.118. The maximum absolute atomic E-state index is 13.2. The van der Waals surface area contributed by atoms with Gasteiger partial charge in [0, 0.05) is 33.0 Å². The highest BCUT2D eigenvalue weighted by Gasteiger charge is 2.51. The van der Waals surface area contributed by atoms with Crippen molar-refractivity contribution in [2.24, 2.45) is 0 Å². The zero-order valence-corrected chi connectivity index (χ0v) is 17.3. The number of aromatic amines is 1.